The fraction of sp³-hybridized carbons (Fsp3) is 1.00. The number of nitrogens with one attached hydrogen (secondary N) is 1. The lowest BCUT2D eigenvalue weighted by Gasteiger charge is -2.04. The molecular weight excluding hydrogens is 192 g/mol. The lowest BCUT2D eigenvalue weighted by Crippen LogP contribution is -2.32. The van der Waals surface area contributed by atoms with Gasteiger partial charge in [-0.2, -0.15) is 0 Å². The molecule has 1 saturated carbocycles. The third-order valence-electron chi connectivity index (χ3n) is 1.93. The quantitative estimate of drug-likeness (QED) is 0.551. The first-order valence-corrected chi connectivity index (χ1v) is 5.95. The Balaban J connectivity index is 2.21. The first-order valence-electron chi connectivity index (χ1n) is 4.29. The SMILES string of the molecule is COCCCS(=O)(=O)NC1CC1N. The summed E-state index contributed by atoms with van der Waals surface area (Å²) >= 11 is 0. The normalized spacial score (nSPS) is 27.5. The van der Waals surface area contributed by atoms with Crippen LogP contribution in [0.4, 0.5) is 0 Å². The zero-order chi connectivity index (χ0) is 9.90. The molecule has 0 aromatic rings. The van der Waals surface area contributed by atoms with Crippen molar-refractivity contribution in [2.45, 2.75) is 24.9 Å². The number of methoxy groups -OCH3 is 1. The minimum atomic E-state index is -3.13. The van der Waals surface area contributed by atoms with Gasteiger partial charge in [-0.1, -0.05) is 0 Å². The van der Waals surface area contributed by atoms with Crippen molar-refractivity contribution in [3.05, 3.63) is 0 Å². The summed E-state index contributed by atoms with van der Waals surface area (Å²) in [6.45, 7) is 0.470. The van der Waals surface area contributed by atoms with Crippen molar-refractivity contribution in [3.8, 4) is 0 Å². The van der Waals surface area contributed by atoms with Crippen LogP contribution < -0.4 is 10.5 Å². The van der Waals surface area contributed by atoms with Gasteiger partial charge in [-0.05, 0) is 12.8 Å². The van der Waals surface area contributed by atoms with Gasteiger partial charge in [0.05, 0.1) is 5.75 Å². The summed E-state index contributed by atoms with van der Waals surface area (Å²) in [5, 5.41) is 0. The van der Waals surface area contributed by atoms with Crippen molar-refractivity contribution in [1.82, 2.24) is 4.72 Å². The van der Waals surface area contributed by atoms with Crippen molar-refractivity contribution in [1.29, 1.82) is 0 Å². The lowest BCUT2D eigenvalue weighted by atomic mass is 10.5. The topological polar surface area (TPSA) is 81.4 Å². The molecule has 0 aliphatic heterocycles. The Morgan fingerprint density at radius 2 is 2.23 bits per heavy atom. The molecule has 0 saturated heterocycles. The molecule has 2 unspecified atom stereocenters. The molecule has 3 N–H and O–H groups in total. The number of hydrogen-bond donors (Lipinski definition) is 2. The molecule has 1 aliphatic carbocycles. The monoisotopic (exact) mass is 208 g/mol. The predicted octanol–water partition coefficient (Wildman–Crippen LogP) is -0.958. The maximum absolute atomic E-state index is 11.3. The van der Waals surface area contributed by atoms with E-state index in [4.69, 9.17) is 10.5 Å². The number of nitrogens with two attached hydrogens (primary N) is 1. The van der Waals surface area contributed by atoms with Gasteiger partial charge in [-0.3, -0.25) is 0 Å². The van der Waals surface area contributed by atoms with Crippen LogP contribution in [0.25, 0.3) is 0 Å². The number of rotatable bonds is 6. The van der Waals surface area contributed by atoms with Crippen LogP contribution in [0.2, 0.25) is 0 Å². The van der Waals surface area contributed by atoms with Crippen molar-refractivity contribution >= 4 is 10.0 Å². The zero-order valence-corrected chi connectivity index (χ0v) is 8.51. The standard InChI is InChI=1S/C7H16N2O3S/c1-12-3-2-4-13(10,11)9-7-5-6(7)8/h6-7,9H,2-5,8H2,1H3. The van der Waals surface area contributed by atoms with E-state index in [1.807, 2.05) is 0 Å². The molecule has 0 aromatic carbocycles. The number of hydrogen-bond acceptors (Lipinski definition) is 4. The van der Waals surface area contributed by atoms with Gasteiger partial charge < -0.3 is 10.5 Å². The van der Waals surface area contributed by atoms with Crippen molar-refractivity contribution in [3.63, 3.8) is 0 Å². The van der Waals surface area contributed by atoms with Gasteiger partial charge >= 0.3 is 0 Å². The minimum Gasteiger partial charge on any atom is -0.385 e. The molecule has 0 radical (unpaired) electrons. The van der Waals surface area contributed by atoms with Crippen LogP contribution >= 0.6 is 0 Å². The minimum absolute atomic E-state index is 0.0113. The maximum Gasteiger partial charge on any atom is 0.211 e. The van der Waals surface area contributed by atoms with Crippen LogP contribution in [0.1, 0.15) is 12.8 Å². The van der Waals surface area contributed by atoms with Gasteiger partial charge in [-0.15, -0.1) is 0 Å². The molecule has 1 rings (SSSR count). The first-order chi connectivity index (χ1) is 6.05. The Morgan fingerprint density at radius 3 is 2.69 bits per heavy atom. The second-order valence-electron chi connectivity index (χ2n) is 3.29. The highest BCUT2D eigenvalue weighted by Gasteiger charge is 2.36. The molecule has 0 bridgehead atoms. The van der Waals surface area contributed by atoms with Crippen molar-refractivity contribution in [2.24, 2.45) is 5.73 Å². The Bertz CT molecular complexity index is 252. The fourth-order valence-corrected chi connectivity index (χ4v) is 2.38. The predicted molar refractivity (Wildman–Crippen MR) is 49.8 cm³/mol. The third-order valence-corrected chi connectivity index (χ3v) is 3.42. The van der Waals surface area contributed by atoms with Crippen molar-refractivity contribution < 1.29 is 13.2 Å². The highest BCUT2D eigenvalue weighted by Crippen LogP contribution is 2.18. The molecule has 0 spiro atoms. The molecule has 6 heteroatoms. The fourth-order valence-electron chi connectivity index (χ4n) is 1.03. The van der Waals surface area contributed by atoms with Crippen LogP contribution in [0.15, 0.2) is 0 Å². The molecule has 0 aromatic heterocycles. The van der Waals surface area contributed by atoms with Gasteiger partial charge in [0.1, 0.15) is 0 Å². The van der Waals surface area contributed by atoms with Gasteiger partial charge in [0.2, 0.25) is 10.0 Å². The molecule has 13 heavy (non-hydrogen) atoms. The van der Waals surface area contributed by atoms with E-state index in [9.17, 15) is 8.42 Å². The average molecular weight is 208 g/mol. The summed E-state index contributed by atoms with van der Waals surface area (Å²) in [6.07, 6.45) is 1.28. The van der Waals surface area contributed by atoms with Crippen LogP contribution in [0.3, 0.4) is 0 Å². The summed E-state index contributed by atoms with van der Waals surface area (Å²) in [5.41, 5.74) is 5.48. The highest BCUT2D eigenvalue weighted by molar-refractivity contribution is 7.89. The van der Waals surface area contributed by atoms with Gasteiger partial charge in [0.15, 0.2) is 0 Å². The smallest absolute Gasteiger partial charge is 0.211 e. The van der Waals surface area contributed by atoms with E-state index in [-0.39, 0.29) is 17.8 Å². The van der Waals surface area contributed by atoms with Crippen molar-refractivity contribution in [2.75, 3.05) is 19.5 Å². The Morgan fingerprint density at radius 1 is 1.62 bits per heavy atom. The highest BCUT2D eigenvalue weighted by atomic mass is 32.2. The maximum atomic E-state index is 11.3. The summed E-state index contributed by atoms with van der Waals surface area (Å²) in [5.74, 6) is 0.115. The van der Waals surface area contributed by atoms with Gasteiger partial charge in [0, 0.05) is 25.8 Å². The Labute approximate surface area is 78.7 Å². The summed E-state index contributed by atoms with van der Waals surface area (Å²) in [6, 6.07) is -0.0234. The average Bonchev–Trinajstić information content (AvgIpc) is 2.65. The molecule has 1 fully saturated rings. The molecule has 1 aliphatic rings. The first kappa shape index (κ1) is 10.9. The zero-order valence-electron chi connectivity index (χ0n) is 7.69. The second kappa shape index (κ2) is 4.36. The summed E-state index contributed by atoms with van der Waals surface area (Å²) < 4.78 is 29.9. The van der Waals surface area contributed by atoms with Crippen LogP contribution in [0.5, 0.6) is 0 Å². The Kier molecular flexibility index (Phi) is 3.66. The lowest BCUT2D eigenvalue weighted by molar-refractivity contribution is 0.199. The summed E-state index contributed by atoms with van der Waals surface area (Å²) in [4.78, 5) is 0. The van der Waals surface area contributed by atoms with E-state index in [1.54, 1.807) is 7.11 Å². The van der Waals surface area contributed by atoms with E-state index in [0.29, 0.717) is 13.0 Å². The van der Waals surface area contributed by atoms with Crippen LogP contribution in [0, 0.1) is 0 Å². The Hall–Kier alpha value is -0.170. The molecule has 78 valence electrons. The van der Waals surface area contributed by atoms with Gasteiger partial charge in [0.25, 0.3) is 0 Å². The molecule has 0 amide bonds. The van der Waals surface area contributed by atoms with E-state index >= 15 is 0 Å². The van der Waals surface area contributed by atoms with Crippen LogP contribution in [-0.2, 0) is 14.8 Å². The molecule has 2 atom stereocenters. The van der Waals surface area contributed by atoms with Crippen LogP contribution in [-0.4, -0.2) is 40.0 Å². The third kappa shape index (κ3) is 4.04. The van der Waals surface area contributed by atoms with E-state index in [0.717, 1.165) is 6.42 Å². The molecule has 5 nitrogen and oxygen atoms in total. The van der Waals surface area contributed by atoms with E-state index in [2.05, 4.69) is 4.72 Å². The molecule has 0 heterocycles. The van der Waals surface area contributed by atoms with Gasteiger partial charge in [-0.25, -0.2) is 13.1 Å². The second-order valence-corrected chi connectivity index (χ2v) is 5.16. The van der Waals surface area contributed by atoms with E-state index < -0.39 is 10.0 Å². The number of ether oxygens (including phenoxy) is 1. The number of sulfonamides is 1. The summed E-state index contributed by atoms with van der Waals surface area (Å²) in [7, 11) is -1.58. The molecular formula is C7H16N2O3S. The largest absolute Gasteiger partial charge is 0.385 e. The van der Waals surface area contributed by atoms with E-state index in [1.165, 1.54) is 0 Å².